The van der Waals surface area contributed by atoms with Crippen LogP contribution in [0.4, 0.5) is 0 Å². The van der Waals surface area contributed by atoms with Crippen LogP contribution >= 0.6 is 11.8 Å². The number of hydrogen-bond donors (Lipinski definition) is 1. The van der Waals surface area contributed by atoms with Crippen LogP contribution in [0.15, 0.2) is 90.2 Å². The molecule has 1 fully saturated rings. The monoisotopic (exact) mass is 416 g/mol. The number of aromatic nitrogens is 1. The summed E-state index contributed by atoms with van der Waals surface area (Å²) < 4.78 is 0. The second-order valence-corrected chi connectivity index (χ2v) is 8.45. The Kier molecular flexibility index (Phi) is 6.90. The van der Waals surface area contributed by atoms with Crippen molar-refractivity contribution in [1.29, 1.82) is 0 Å². The molecule has 0 unspecified atom stereocenters. The zero-order chi connectivity index (χ0) is 20.6. The SMILES string of the molecule is O=C(CSC1CN(C(c2ccccc2)c2ccccc2)C1)N/N=C\c1ccccn1. The van der Waals surface area contributed by atoms with Crippen molar-refractivity contribution in [3.05, 3.63) is 102 Å². The number of benzene rings is 2. The van der Waals surface area contributed by atoms with E-state index in [0.717, 1.165) is 13.1 Å². The van der Waals surface area contributed by atoms with E-state index in [9.17, 15) is 4.79 Å². The third kappa shape index (κ3) is 5.34. The van der Waals surface area contributed by atoms with Crippen LogP contribution < -0.4 is 5.43 Å². The van der Waals surface area contributed by atoms with E-state index >= 15 is 0 Å². The van der Waals surface area contributed by atoms with E-state index in [-0.39, 0.29) is 11.9 Å². The topological polar surface area (TPSA) is 57.6 Å². The van der Waals surface area contributed by atoms with Crippen LogP contribution in [0.2, 0.25) is 0 Å². The molecule has 0 saturated carbocycles. The molecule has 0 radical (unpaired) electrons. The number of carbonyl (C=O) groups excluding carboxylic acids is 1. The molecule has 0 bridgehead atoms. The molecule has 152 valence electrons. The van der Waals surface area contributed by atoms with Gasteiger partial charge in [-0.25, -0.2) is 5.43 Å². The van der Waals surface area contributed by atoms with E-state index in [0.29, 0.717) is 16.7 Å². The average molecular weight is 417 g/mol. The van der Waals surface area contributed by atoms with Crippen LogP contribution in [-0.2, 0) is 4.79 Å². The van der Waals surface area contributed by atoms with Gasteiger partial charge in [0.1, 0.15) is 0 Å². The van der Waals surface area contributed by atoms with Crippen molar-refractivity contribution in [1.82, 2.24) is 15.3 Å². The normalized spacial score (nSPS) is 14.7. The first-order chi connectivity index (χ1) is 14.8. The summed E-state index contributed by atoms with van der Waals surface area (Å²) in [6, 6.07) is 27.0. The molecule has 1 amide bonds. The highest BCUT2D eigenvalue weighted by Crippen LogP contribution is 2.35. The largest absolute Gasteiger partial charge is 0.290 e. The van der Waals surface area contributed by atoms with Crippen molar-refractivity contribution in [2.45, 2.75) is 11.3 Å². The maximum Gasteiger partial charge on any atom is 0.250 e. The zero-order valence-corrected chi connectivity index (χ0v) is 17.4. The molecular weight excluding hydrogens is 392 g/mol. The Morgan fingerprint density at radius 3 is 2.27 bits per heavy atom. The van der Waals surface area contributed by atoms with Gasteiger partial charge in [0.25, 0.3) is 0 Å². The summed E-state index contributed by atoms with van der Waals surface area (Å²) in [5.41, 5.74) is 5.89. The number of pyridine rings is 1. The molecule has 0 spiro atoms. The third-order valence-corrected chi connectivity index (χ3v) is 6.19. The first-order valence-corrected chi connectivity index (χ1v) is 11.0. The average Bonchev–Trinajstić information content (AvgIpc) is 2.77. The molecule has 1 aliphatic rings. The molecule has 1 aromatic heterocycles. The number of likely N-dealkylation sites (tertiary alicyclic amines) is 1. The first kappa shape index (κ1) is 20.3. The lowest BCUT2D eigenvalue weighted by atomic mass is 9.94. The van der Waals surface area contributed by atoms with Crippen LogP contribution in [0.5, 0.6) is 0 Å². The lowest BCUT2D eigenvalue weighted by Crippen LogP contribution is -2.51. The highest BCUT2D eigenvalue weighted by atomic mass is 32.2. The highest BCUT2D eigenvalue weighted by molar-refractivity contribution is 8.00. The number of carbonyl (C=O) groups is 1. The van der Waals surface area contributed by atoms with E-state index in [1.54, 1.807) is 24.2 Å². The molecule has 1 aliphatic heterocycles. The Hall–Kier alpha value is -2.96. The Labute approximate surface area is 181 Å². The number of nitrogens with one attached hydrogen (secondary N) is 1. The molecule has 6 heteroatoms. The van der Waals surface area contributed by atoms with Crippen molar-refractivity contribution in [3.8, 4) is 0 Å². The van der Waals surface area contributed by atoms with Crippen LogP contribution in [0.25, 0.3) is 0 Å². The number of hydrogen-bond acceptors (Lipinski definition) is 5. The van der Waals surface area contributed by atoms with Crippen molar-refractivity contribution < 1.29 is 4.79 Å². The minimum absolute atomic E-state index is 0.0895. The van der Waals surface area contributed by atoms with Crippen LogP contribution in [0.1, 0.15) is 22.9 Å². The van der Waals surface area contributed by atoms with Crippen molar-refractivity contribution in [2.75, 3.05) is 18.8 Å². The van der Waals surface area contributed by atoms with Crippen molar-refractivity contribution >= 4 is 23.9 Å². The van der Waals surface area contributed by atoms with E-state index < -0.39 is 0 Å². The minimum atomic E-state index is -0.0895. The van der Waals surface area contributed by atoms with E-state index in [4.69, 9.17) is 0 Å². The fourth-order valence-corrected chi connectivity index (χ4v) is 4.56. The van der Waals surface area contributed by atoms with Gasteiger partial charge in [-0.2, -0.15) is 5.10 Å². The molecule has 2 aromatic carbocycles. The highest BCUT2D eigenvalue weighted by Gasteiger charge is 2.34. The number of thioether (sulfide) groups is 1. The van der Waals surface area contributed by atoms with Crippen LogP contribution in [0.3, 0.4) is 0 Å². The second-order valence-electron chi connectivity index (χ2n) is 7.16. The predicted octanol–water partition coefficient (Wildman–Crippen LogP) is 3.74. The molecule has 0 atom stereocenters. The number of hydrazone groups is 1. The van der Waals surface area contributed by atoms with Gasteiger partial charge >= 0.3 is 0 Å². The summed E-state index contributed by atoms with van der Waals surface area (Å²) in [6.45, 7) is 1.92. The summed E-state index contributed by atoms with van der Waals surface area (Å²) >= 11 is 1.69. The van der Waals surface area contributed by atoms with Crippen molar-refractivity contribution in [2.24, 2.45) is 5.10 Å². The molecule has 4 rings (SSSR count). The van der Waals surface area contributed by atoms with Crippen LogP contribution in [0, 0.1) is 0 Å². The number of amides is 1. The minimum Gasteiger partial charge on any atom is -0.290 e. The van der Waals surface area contributed by atoms with Gasteiger partial charge in [-0.1, -0.05) is 66.7 Å². The van der Waals surface area contributed by atoms with Gasteiger partial charge in [-0.05, 0) is 23.3 Å². The third-order valence-electron chi connectivity index (χ3n) is 5.00. The maximum absolute atomic E-state index is 12.1. The van der Waals surface area contributed by atoms with Gasteiger partial charge in [0.15, 0.2) is 0 Å². The molecular formula is C24H24N4OS. The summed E-state index contributed by atoms with van der Waals surface area (Å²) in [6.07, 6.45) is 3.25. The summed E-state index contributed by atoms with van der Waals surface area (Å²) in [7, 11) is 0. The second kappa shape index (κ2) is 10.2. The van der Waals surface area contributed by atoms with E-state index in [1.807, 2.05) is 18.2 Å². The fraction of sp³-hybridized carbons (Fsp3) is 0.208. The smallest absolute Gasteiger partial charge is 0.250 e. The Morgan fingerprint density at radius 2 is 1.67 bits per heavy atom. The number of rotatable bonds is 8. The standard InChI is InChI=1S/C24H24N4OS/c29-23(27-26-15-21-13-7-8-14-25-21)18-30-22-16-28(17-22)24(19-9-3-1-4-10-19)20-11-5-2-6-12-20/h1-15,22,24H,16-18H2,(H,27,29)/b26-15-. The van der Waals surface area contributed by atoms with Crippen molar-refractivity contribution in [3.63, 3.8) is 0 Å². The Bertz CT molecular complexity index is 921. The molecule has 0 aliphatic carbocycles. The zero-order valence-electron chi connectivity index (χ0n) is 16.6. The molecule has 1 N–H and O–H groups in total. The predicted molar refractivity (Wildman–Crippen MR) is 123 cm³/mol. The van der Waals surface area contributed by atoms with Crippen LogP contribution in [-0.4, -0.2) is 46.1 Å². The molecule has 5 nitrogen and oxygen atoms in total. The maximum atomic E-state index is 12.1. The van der Waals surface area contributed by atoms with Gasteiger partial charge < -0.3 is 0 Å². The molecule has 2 heterocycles. The van der Waals surface area contributed by atoms with E-state index in [2.05, 4.69) is 81.1 Å². The quantitative estimate of drug-likeness (QED) is 0.449. The first-order valence-electron chi connectivity index (χ1n) is 9.98. The summed E-state index contributed by atoms with van der Waals surface area (Å²) in [4.78, 5) is 18.7. The van der Waals surface area contributed by atoms with Gasteiger partial charge in [-0.15, -0.1) is 11.8 Å². The van der Waals surface area contributed by atoms with Gasteiger partial charge in [0.2, 0.25) is 5.91 Å². The lowest BCUT2D eigenvalue weighted by molar-refractivity contribution is -0.118. The van der Waals surface area contributed by atoms with E-state index in [1.165, 1.54) is 11.1 Å². The molecule has 30 heavy (non-hydrogen) atoms. The van der Waals surface area contributed by atoms with Gasteiger partial charge in [0, 0.05) is 24.5 Å². The Balaban J connectivity index is 1.27. The fourth-order valence-electron chi connectivity index (χ4n) is 3.52. The molecule has 1 saturated heterocycles. The van der Waals surface area contributed by atoms with Gasteiger partial charge in [-0.3, -0.25) is 14.7 Å². The summed E-state index contributed by atoms with van der Waals surface area (Å²) in [5.74, 6) is 0.313. The molecule has 3 aromatic rings. The lowest BCUT2D eigenvalue weighted by Gasteiger charge is -2.44. The Morgan fingerprint density at radius 1 is 1.03 bits per heavy atom. The summed E-state index contributed by atoms with van der Waals surface area (Å²) in [5, 5.41) is 4.42. The van der Waals surface area contributed by atoms with Gasteiger partial charge in [0.05, 0.1) is 23.7 Å². The number of nitrogens with zero attached hydrogens (tertiary/aromatic N) is 3.